The zero-order valence-electron chi connectivity index (χ0n) is 12.1. The van der Waals surface area contributed by atoms with Crippen molar-refractivity contribution in [2.45, 2.75) is 52.1 Å². The highest BCUT2D eigenvalue weighted by molar-refractivity contribution is 7.19. The first kappa shape index (κ1) is 13.1. The molecule has 0 bridgehead atoms. The Morgan fingerprint density at radius 1 is 1.37 bits per heavy atom. The maximum atomic E-state index is 3.82. The summed E-state index contributed by atoms with van der Waals surface area (Å²) in [6.07, 6.45) is 4.08. The van der Waals surface area contributed by atoms with Crippen molar-refractivity contribution in [2.75, 3.05) is 0 Å². The second-order valence-electron chi connectivity index (χ2n) is 5.87. The molecule has 3 rings (SSSR count). The van der Waals surface area contributed by atoms with Gasteiger partial charge in [0, 0.05) is 21.7 Å². The van der Waals surface area contributed by atoms with Gasteiger partial charge in [-0.25, -0.2) is 0 Å². The number of nitrogens with one attached hydrogen (secondary N) is 1. The molecule has 3 unspecified atom stereocenters. The number of hydrogen-bond donors (Lipinski definition) is 1. The topological polar surface area (TPSA) is 12.0 Å². The van der Waals surface area contributed by atoms with Crippen LogP contribution in [0.5, 0.6) is 0 Å². The number of fused-ring (bicyclic) bond motifs is 1. The molecule has 0 spiro atoms. The summed E-state index contributed by atoms with van der Waals surface area (Å²) in [5.74, 6) is 0.933. The minimum absolute atomic E-state index is 0.490. The Morgan fingerprint density at radius 2 is 2.16 bits per heavy atom. The lowest BCUT2D eigenvalue weighted by Gasteiger charge is -2.13. The second-order valence-corrected chi connectivity index (χ2v) is 6.95. The number of rotatable bonds is 5. The van der Waals surface area contributed by atoms with Gasteiger partial charge in [-0.1, -0.05) is 31.5 Å². The normalized spacial score (nSPS) is 23.7. The van der Waals surface area contributed by atoms with E-state index in [-0.39, 0.29) is 0 Å². The molecule has 1 heterocycles. The summed E-state index contributed by atoms with van der Waals surface area (Å²) in [5.41, 5.74) is 1.47. The molecule has 0 amide bonds. The largest absolute Gasteiger partial charge is 0.306 e. The van der Waals surface area contributed by atoms with Crippen molar-refractivity contribution in [2.24, 2.45) is 5.92 Å². The molecule has 102 valence electrons. The molecule has 19 heavy (non-hydrogen) atoms. The zero-order valence-corrected chi connectivity index (χ0v) is 12.9. The molecule has 0 aliphatic heterocycles. The van der Waals surface area contributed by atoms with E-state index in [0.29, 0.717) is 6.04 Å². The SMILES string of the molecule is CCCC1CC1NC(C)c1sc2ccccc2c1C. The molecule has 1 aromatic heterocycles. The zero-order chi connectivity index (χ0) is 13.4. The van der Waals surface area contributed by atoms with Crippen LogP contribution in [0.4, 0.5) is 0 Å². The van der Waals surface area contributed by atoms with Gasteiger partial charge < -0.3 is 5.32 Å². The summed E-state index contributed by atoms with van der Waals surface area (Å²) in [6.45, 7) is 6.87. The van der Waals surface area contributed by atoms with Gasteiger partial charge in [-0.2, -0.15) is 0 Å². The van der Waals surface area contributed by atoms with E-state index in [4.69, 9.17) is 0 Å². The van der Waals surface area contributed by atoms with Crippen LogP contribution in [0.2, 0.25) is 0 Å². The minimum atomic E-state index is 0.490. The van der Waals surface area contributed by atoms with Gasteiger partial charge in [-0.15, -0.1) is 11.3 Å². The number of hydrogen-bond acceptors (Lipinski definition) is 2. The van der Waals surface area contributed by atoms with Crippen molar-refractivity contribution in [1.82, 2.24) is 5.32 Å². The molecule has 1 aromatic carbocycles. The highest BCUT2D eigenvalue weighted by Crippen LogP contribution is 2.39. The quantitative estimate of drug-likeness (QED) is 0.804. The Labute approximate surface area is 120 Å². The summed E-state index contributed by atoms with van der Waals surface area (Å²) in [7, 11) is 0. The first-order valence-electron chi connectivity index (χ1n) is 7.44. The smallest absolute Gasteiger partial charge is 0.0391 e. The first-order chi connectivity index (χ1) is 9.20. The van der Waals surface area contributed by atoms with Crippen molar-refractivity contribution in [3.63, 3.8) is 0 Å². The van der Waals surface area contributed by atoms with Crippen molar-refractivity contribution in [1.29, 1.82) is 0 Å². The third kappa shape index (κ3) is 2.56. The van der Waals surface area contributed by atoms with Gasteiger partial charge in [0.1, 0.15) is 0 Å². The van der Waals surface area contributed by atoms with Crippen LogP contribution in [-0.4, -0.2) is 6.04 Å². The maximum absolute atomic E-state index is 3.82. The molecule has 1 nitrogen and oxygen atoms in total. The third-order valence-electron chi connectivity index (χ3n) is 4.32. The molecule has 0 saturated heterocycles. The van der Waals surface area contributed by atoms with E-state index in [9.17, 15) is 0 Å². The van der Waals surface area contributed by atoms with E-state index in [1.165, 1.54) is 39.8 Å². The molecule has 0 radical (unpaired) electrons. The van der Waals surface area contributed by atoms with Crippen molar-refractivity contribution >= 4 is 21.4 Å². The van der Waals surface area contributed by atoms with Crippen LogP contribution in [-0.2, 0) is 0 Å². The molecule has 1 N–H and O–H groups in total. The molecule has 1 aliphatic rings. The average Bonchev–Trinajstić information content (AvgIpc) is 3.04. The van der Waals surface area contributed by atoms with Gasteiger partial charge in [0.15, 0.2) is 0 Å². The molecule has 1 fully saturated rings. The molecule has 3 atom stereocenters. The van der Waals surface area contributed by atoms with Crippen LogP contribution in [0.25, 0.3) is 10.1 Å². The van der Waals surface area contributed by atoms with E-state index in [2.05, 4.69) is 50.4 Å². The Morgan fingerprint density at radius 3 is 2.89 bits per heavy atom. The number of thiophene rings is 1. The summed E-state index contributed by atoms with van der Waals surface area (Å²) < 4.78 is 1.42. The molecular weight excluding hydrogens is 250 g/mol. The van der Waals surface area contributed by atoms with Crippen LogP contribution < -0.4 is 5.32 Å². The molecule has 1 saturated carbocycles. The first-order valence-corrected chi connectivity index (χ1v) is 8.26. The summed E-state index contributed by atoms with van der Waals surface area (Å²) in [5, 5.41) is 5.25. The fourth-order valence-electron chi connectivity index (χ4n) is 3.14. The van der Waals surface area contributed by atoms with Gasteiger partial charge in [0.05, 0.1) is 0 Å². The van der Waals surface area contributed by atoms with Gasteiger partial charge in [-0.05, 0) is 49.6 Å². The highest BCUT2D eigenvalue weighted by atomic mass is 32.1. The van der Waals surface area contributed by atoms with Crippen molar-refractivity contribution < 1.29 is 0 Å². The Balaban J connectivity index is 1.75. The van der Waals surface area contributed by atoms with Crippen molar-refractivity contribution in [3.05, 3.63) is 34.7 Å². The van der Waals surface area contributed by atoms with E-state index in [1.807, 2.05) is 11.3 Å². The lowest BCUT2D eigenvalue weighted by molar-refractivity contribution is 0.534. The van der Waals surface area contributed by atoms with E-state index in [0.717, 1.165) is 12.0 Å². The fourth-order valence-corrected chi connectivity index (χ4v) is 4.37. The van der Waals surface area contributed by atoms with Gasteiger partial charge >= 0.3 is 0 Å². The predicted molar refractivity (Wildman–Crippen MR) is 84.9 cm³/mol. The number of aryl methyl sites for hydroxylation is 1. The highest BCUT2D eigenvalue weighted by Gasteiger charge is 2.37. The van der Waals surface area contributed by atoms with E-state index in [1.54, 1.807) is 0 Å². The minimum Gasteiger partial charge on any atom is -0.306 e. The lowest BCUT2D eigenvalue weighted by atomic mass is 10.1. The Bertz CT molecular complexity index is 572. The maximum Gasteiger partial charge on any atom is 0.0391 e. The summed E-state index contributed by atoms with van der Waals surface area (Å²) in [6, 6.07) is 10.0. The molecule has 2 aromatic rings. The van der Waals surface area contributed by atoms with Crippen molar-refractivity contribution in [3.8, 4) is 0 Å². The fraction of sp³-hybridized carbons (Fsp3) is 0.529. The summed E-state index contributed by atoms with van der Waals surface area (Å²) in [4.78, 5) is 1.52. The molecule has 2 heteroatoms. The Hall–Kier alpha value is -0.860. The van der Waals surface area contributed by atoms with Crippen LogP contribution in [0.3, 0.4) is 0 Å². The van der Waals surface area contributed by atoms with E-state index >= 15 is 0 Å². The number of benzene rings is 1. The molecular formula is C17H23NS. The second kappa shape index (κ2) is 5.26. The lowest BCUT2D eigenvalue weighted by Crippen LogP contribution is -2.22. The molecule has 1 aliphatic carbocycles. The summed E-state index contributed by atoms with van der Waals surface area (Å²) >= 11 is 1.95. The van der Waals surface area contributed by atoms with Crippen LogP contribution in [0.15, 0.2) is 24.3 Å². The van der Waals surface area contributed by atoms with Gasteiger partial charge in [0.25, 0.3) is 0 Å². The van der Waals surface area contributed by atoms with Gasteiger partial charge in [-0.3, -0.25) is 0 Å². The average molecular weight is 273 g/mol. The standard InChI is InChI=1S/C17H23NS/c1-4-7-13-10-15(13)18-12(3)17-11(2)14-8-5-6-9-16(14)19-17/h5-6,8-9,12-13,15,18H,4,7,10H2,1-3H3. The van der Waals surface area contributed by atoms with Crippen LogP contribution >= 0.6 is 11.3 Å². The third-order valence-corrected chi connectivity index (χ3v) is 5.78. The Kier molecular flexibility index (Phi) is 3.64. The van der Waals surface area contributed by atoms with Crippen LogP contribution in [0.1, 0.15) is 49.6 Å². The monoisotopic (exact) mass is 273 g/mol. The predicted octanol–water partition coefficient (Wildman–Crippen LogP) is 5.05. The van der Waals surface area contributed by atoms with Crippen LogP contribution in [0, 0.1) is 12.8 Å². The van der Waals surface area contributed by atoms with E-state index < -0.39 is 0 Å². The van der Waals surface area contributed by atoms with Gasteiger partial charge in [0.2, 0.25) is 0 Å².